The number of amides is 1. The maximum atomic E-state index is 12.5. The molecular weight excluding hydrogens is 274 g/mol. The van der Waals surface area contributed by atoms with Gasteiger partial charge in [-0.1, -0.05) is 29.3 Å². The van der Waals surface area contributed by atoms with Crippen molar-refractivity contribution in [3.05, 3.63) is 52.3 Å². The van der Waals surface area contributed by atoms with E-state index in [1.54, 1.807) is 11.9 Å². The van der Waals surface area contributed by atoms with Crippen molar-refractivity contribution in [3.63, 3.8) is 0 Å². The van der Waals surface area contributed by atoms with Crippen molar-refractivity contribution in [2.75, 3.05) is 17.7 Å². The molecule has 2 N–H and O–H groups in total. The first-order valence-corrected chi connectivity index (χ1v) is 6.54. The van der Waals surface area contributed by atoms with E-state index in [9.17, 15) is 4.79 Å². The van der Waals surface area contributed by atoms with Crippen LogP contribution in [0, 0.1) is 13.8 Å². The third kappa shape index (κ3) is 2.75. The number of benzene rings is 1. The first kappa shape index (κ1) is 14.3. The zero-order valence-corrected chi connectivity index (χ0v) is 12.4. The summed E-state index contributed by atoms with van der Waals surface area (Å²) >= 11 is 5.97. The standard InChI is InChI=1S/C15H16ClN3O/c1-9-4-5-13(10(2)6-9)19(3)15(20)12-7-11(17)8-18-14(12)16/h4-8H,17H2,1-3H3. The molecule has 0 spiro atoms. The van der Waals surface area contributed by atoms with Crippen LogP contribution in [0.3, 0.4) is 0 Å². The van der Waals surface area contributed by atoms with E-state index in [0.717, 1.165) is 16.8 Å². The summed E-state index contributed by atoms with van der Waals surface area (Å²) in [6, 6.07) is 7.44. The second-order valence-corrected chi connectivity index (χ2v) is 5.12. The summed E-state index contributed by atoms with van der Waals surface area (Å²) in [6.45, 7) is 3.97. The smallest absolute Gasteiger partial charge is 0.261 e. The van der Waals surface area contributed by atoms with Crippen LogP contribution in [-0.4, -0.2) is 17.9 Å². The van der Waals surface area contributed by atoms with E-state index in [-0.39, 0.29) is 11.1 Å². The predicted molar refractivity (Wildman–Crippen MR) is 82.3 cm³/mol. The molecule has 0 saturated heterocycles. The zero-order chi connectivity index (χ0) is 14.9. The minimum absolute atomic E-state index is 0.154. The SMILES string of the molecule is Cc1ccc(N(C)C(=O)c2cc(N)cnc2Cl)c(C)c1. The Hall–Kier alpha value is -2.07. The van der Waals surface area contributed by atoms with Gasteiger partial charge in [-0.15, -0.1) is 0 Å². The molecule has 1 aromatic carbocycles. The lowest BCUT2D eigenvalue weighted by atomic mass is 10.1. The minimum Gasteiger partial charge on any atom is -0.397 e. The van der Waals surface area contributed by atoms with Gasteiger partial charge in [0.1, 0.15) is 5.15 Å². The van der Waals surface area contributed by atoms with E-state index < -0.39 is 0 Å². The fourth-order valence-corrected chi connectivity index (χ4v) is 2.27. The van der Waals surface area contributed by atoms with E-state index in [4.69, 9.17) is 17.3 Å². The number of hydrogen-bond donors (Lipinski definition) is 1. The minimum atomic E-state index is -0.234. The summed E-state index contributed by atoms with van der Waals surface area (Å²) in [7, 11) is 1.71. The van der Waals surface area contributed by atoms with Crippen molar-refractivity contribution in [2.45, 2.75) is 13.8 Å². The maximum absolute atomic E-state index is 12.5. The van der Waals surface area contributed by atoms with E-state index >= 15 is 0 Å². The highest BCUT2D eigenvalue weighted by Crippen LogP contribution is 2.24. The van der Waals surface area contributed by atoms with Gasteiger partial charge in [0.2, 0.25) is 0 Å². The predicted octanol–water partition coefficient (Wildman–Crippen LogP) is 3.21. The second-order valence-electron chi connectivity index (χ2n) is 4.76. The van der Waals surface area contributed by atoms with Gasteiger partial charge in [-0.25, -0.2) is 4.98 Å². The highest BCUT2D eigenvalue weighted by molar-refractivity contribution is 6.33. The molecule has 0 radical (unpaired) electrons. The molecule has 1 amide bonds. The highest BCUT2D eigenvalue weighted by atomic mass is 35.5. The molecule has 0 aliphatic heterocycles. The highest BCUT2D eigenvalue weighted by Gasteiger charge is 2.19. The van der Waals surface area contributed by atoms with Crippen LogP contribution in [0.5, 0.6) is 0 Å². The normalized spacial score (nSPS) is 10.4. The molecular formula is C15H16ClN3O. The molecule has 0 unspecified atom stereocenters. The number of carbonyl (C=O) groups is 1. The molecule has 2 rings (SSSR count). The quantitative estimate of drug-likeness (QED) is 0.864. The Morgan fingerprint density at radius 2 is 2.00 bits per heavy atom. The van der Waals surface area contributed by atoms with E-state index in [1.165, 1.54) is 12.3 Å². The number of anilines is 2. The number of nitrogens with zero attached hydrogens (tertiary/aromatic N) is 2. The Morgan fingerprint density at radius 1 is 1.30 bits per heavy atom. The summed E-state index contributed by atoms with van der Waals surface area (Å²) in [5, 5.41) is 0.154. The molecule has 0 atom stereocenters. The van der Waals surface area contributed by atoms with Gasteiger partial charge in [0, 0.05) is 12.7 Å². The number of nitrogen functional groups attached to an aromatic ring is 1. The van der Waals surface area contributed by atoms with E-state index in [2.05, 4.69) is 4.98 Å². The van der Waals surface area contributed by atoms with Crippen LogP contribution in [0.1, 0.15) is 21.5 Å². The molecule has 1 aromatic heterocycles. The number of pyridine rings is 1. The van der Waals surface area contributed by atoms with Crippen LogP contribution in [0.2, 0.25) is 5.15 Å². The van der Waals surface area contributed by atoms with Crippen molar-refractivity contribution in [1.82, 2.24) is 4.98 Å². The van der Waals surface area contributed by atoms with Crippen molar-refractivity contribution in [2.24, 2.45) is 0 Å². The number of aryl methyl sites for hydroxylation is 2. The summed E-state index contributed by atoms with van der Waals surface area (Å²) in [5.41, 5.74) is 9.37. The topological polar surface area (TPSA) is 59.2 Å². The first-order valence-electron chi connectivity index (χ1n) is 6.16. The van der Waals surface area contributed by atoms with Gasteiger partial charge in [-0.3, -0.25) is 4.79 Å². The van der Waals surface area contributed by atoms with Gasteiger partial charge in [0.15, 0.2) is 0 Å². The monoisotopic (exact) mass is 289 g/mol. The van der Waals surface area contributed by atoms with Gasteiger partial charge in [-0.05, 0) is 31.5 Å². The molecule has 5 heteroatoms. The number of rotatable bonds is 2. The Morgan fingerprint density at radius 3 is 2.65 bits per heavy atom. The average molecular weight is 290 g/mol. The number of aromatic nitrogens is 1. The zero-order valence-electron chi connectivity index (χ0n) is 11.6. The van der Waals surface area contributed by atoms with Gasteiger partial charge in [0.25, 0.3) is 5.91 Å². The first-order chi connectivity index (χ1) is 9.40. The lowest BCUT2D eigenvalue weighted by Crippen LogP contribution is -2.27. The Kier molecular flexibility index (Phi) is 3.95. The molecule has 2 aromatic rings. The van der Waals surface area contributed by atoms with Gasteiger partial charge in [0.05, 0.1) is 17.4 Å². The largest absolute Gasteiger partial charge is 0.397 e. The third-order valence-electron chi connectivity index (χ3n) is 3.11. The van der Waals surface area contributed by atoms with Crippen molar-refractivity contribution in [3.8, 4) is 0 Å². The summed E-state index contributed by atoms with van der Waals surface area (Å²) < 4.78 is 0. The van der Waals surface area contributed by atoms with E-state index in [0.29, 0.717) is 11.3 Å². The molecule has 0 bridgehead atoms. The molecule has 1 heterocycles. The molecule has 0 fully saturated rings. The lowest BCUT2D eigenvalue weighted by Gasteiger charge is -2.20. The molecule has 20 heavy (non-hydrogen) atoms. The Balaban J connectivity index is 2.40. The van der Waals surface area contributed by atoms with Crippen LogP contribution in [0.15, 0.2) is 30.5 Å². The van der Waals surface area contributed by atoms with Crippen LogP contribution < -0.4 is 10.6 Å². The van der Waals surface area contributed by atoms with Crippen molar-refractivity contribution < 1.29 is 4.79 Å². The third-order valence-corrected chi connectivity index (χ3v) is 3.41. The van der Waals surface area contributed by atoms with Crippen molar-refractivity contribution >= 4 is 28.9 Å². The van der Waals surface area contributed by atoms with Gasteiger partial charge in [-0.2, -0.15) is 0 Å². The number of halogens is 1. The Bertz CT molecular complexity index is 670. The fraction of sp³-hybridized carbons (Fsp3) is 0.200. The van der Waals surface area contributed by atoms with Gasteiger partial charge >= 0.3 is 0 Å². The second kappa shape index (κ2) is 5.51. The summed E-state index contributed by atoms with van der Waals surface area (Å²) in [6.07, 6.45) is 1.43. The van der Waals surface area contributed by atoms with Crippen LogP contribution in [0.4, 0.5) is 11.4 Å². The van der Waals surface area contributed by atoms with Crippen LogP contribution in [-0.2, 0) is 0 Å². The Labute approximate surface area is 123 Å². The molecule has 0 aliphatic carbocycles. The molecule has 104 valence electrons. The number of carbonyl (C=O) groups excluding carboxylic acids is 1. The average Bonchev–Trinajstić information content (AvgIpc) is 2.40. The number of hydrogen-bond acceptors (Lipinski definition) is 3. The van der Waals surface area contributed by atoms with Crippen LogP contribution >= 0.6 is 11.6 Å². The summed E-state index contributed by atoms with van der Waals surface area (Å²) in [4.78, 5) is 18.0. The van der Waals surface area contributed by atoms with Crippen LogP contribution in [0.25, 0.3) is 0 Å². The van der Waals surface area contributed by atoms with Gasteiger partial charge < -0.3 is 10.6 Å². The molecule has 0 saturated carbocycles. The lowest BCUT2D eigenvalue weighted by molar-refractivity contribution is 0.0992. The van der Waals surface area contributed by atoms with Crippen molar-refractivity contribution in [1.29, 1.82) is 0 Å². The fourth-order valence-electron chi connectivity index (χ4n) is 2.09. The molecule has 4 nitrogen and oxygen atoms in total. The number of nitrogens with two attached hydrogens (primary N) is 1. The summed E-state index contributed by atoms with van der Waals surface area (Å²) in [5.74, 6) is -0.234. The van der Waals surface area contributed by atoms with E-state index in [1.807, 2.05) is 32.0 Å². The molecule has 0 aliphatic rings. The maximum Gasteiger partial charge on any atom is 0.261 e.